The molecule has 110 valence electrons. The van der Waals surface area contributed by atoms with Crippen LogP contribution >= 0.6 is 11.6 Å². The van der Waals surface area contributed by atoms with Crippen LogP contribution in [0.3, 0.4) is 0 Å². The van der Waals surface area contributed by atoms with Crippen molar-refractivity contribution < 1.29 is 9.53 Å². The van der Waals surface area contributed by atoms with Gasteiger partial charge in [0, 0.05) is 17.1 Å². The summed E-state index contributed by atoms with van der Waals surface area (Å²) in [5, 5.41) is 6.96. The maximum atomic E-state index is 11.8. The smallest absolute Gasteiger partial charge is 0.258 e. The highest BCUT2D eigenvalue weighted by Gasteiger charge is 2.21. The highest BCUT2D eigenvalue weighted by molar-refractivity contribution is 6.30. The van der Waals surface area contributed by atoms with Crippen molar-refractivity contribution in [2.24, 2.45) is 0 Å². The first-order chi connectivity index (χ1) is 9.67. The molecule has 1 saturated carbocycles. The van der Waals surface area contributed by atoms with Gasteiger partial charge in [0.1, 0.15) is 5.75 Å². The van der Waals surface area contributed by atoms with Gasteiger partial charge < -0.3 is 15.4 Å². The van der Waals surface area contributed by atoms with Gasteiger partial charge in [-0.15, -0.1) is 0 Å². The molecule has 0 radical (unpaired) electrons. The van der Waals surface area contributed by atoms with Crippen molar-refractivity contribution in [2.45, 2.75) is 37.8 Å². The van der Waals surface area contributed by atoms with E-state index in [2.05, 4.69) is 10.6 Å². The van der Waals surface area contributed by atoms with Gasteiger partial charge >= 0.3 is 0 Å². The minimum atomic E-state index is -0.0622. The molecule has 0 saturated heterocycles. The van der Waals surface area contributed by atoms with Gasteiger partial charge in [-0.2, -0.15) is 0 Å². The number of rotatable bonds is 5. The Labute approximate surface area is 124 Å². The maximum Gasteiger partial charge on any atom is 0.258 e. The predicted molar refractivity (Wildman–Crippen MR) is 80.2 cm³/mol. The Kier molecular flexibility index (Phi) is 5.68. The minimum Gasteiger partial charge on any atom is -0.484 e. The van der Waals surface area contributed by atoms with Crippen LogP contribution in [0.4, 0.5) is 0 Å². The standard InChI is InChI=1S/C15H21ClN2O2/c1-17-12-4-6-13(7-5-12)18-15(19)10-20-14-8-2-11(16)3-9-14/h2-3,8-9,12-13,17H,4-7,10H2,1H3,(H,18,19)/t12-,13+. The lowest BCUT2D eigenvalue weighted by Gasteiger charge is -2.28. The molecule has 0 aromatic heterocycles. The van der Waals surface area contributed by atoms with E-state index in [1.54, 1.807) is 24.3 Å². The van der Waals surface area contributed by atoms with E-state index in [1.807, 2.05) is 7.05 Å². The lowest BCUT2D eigenvalue weighted by Crippen LogP contribution is -2.42. The molecule has 1 aliphatic rings. The lowest BCUT2D eigenvalue weighted by atomic mass is 9.91. The number of nitrogens with one attached hydrogen (secondary N) is 2. The third kappa shape index (κ3) is 4.69. The summed E-state index contributed by atoms with van der Waals surface area (Å²) < 4.78 is 5.42. The molecule has 0 unspecified atom stereocenters. The van der Waals surface area contributed by atoms with Crippen molar-refractivity contribution in [1.29, 1.82) is 0 Å². The van der Waals surface area contributed by atoms with Crippen LogP contribution in [0.1, 0.15) is 25.7 Å². The number of hydrogen-bond donors (Lipinski definition) is 2. The minimum absolute atomic E-state index is 0.0492. The fraction of sp³-hybridized carbons (Fsp3) is 0.533. The van der Waals surface area contributed by atoms with Crippen LogP contribution in [0, 0.1) is 0 Å². The number of carbonyl (C=O) groups is 1. The first kappa shape index (κ1) is 15.1. The highest BCUT2D eigenvalue weighted by Crippen LogP contribution is 2.18. The van der Waals surface area contributed by atoms with Crippen LogP contribution in [0.2, 0.25) is 5.02 Å². The summed E-state index contributed by atoms with van der Waals surface area (Å²) in [6, 6.07) is 7.87. The molecular formula is C15H21ClN2O2. The molecule has 20 heavy (non-hydrogen) atoms. The Morgan fingerprint density at radius 2 is 1.80 bits per heavy atom. The predicted octanol–water partition coefficient (Wildman–Crippen LogP) is 2.37. The zero-order chi connectivity index (χ0) is 14.4. The molecule has 0 aliphatic heterocycles. The summed E-state index contributed by atoms with van der Waals surface area (Å²) in [5.74, 6) is 0.594. The van der Waals surface area contributed by atoms with E-state index in [-0.39, 0.29) is 18.6 Å². The highest BCUT2D eigenvalue weighted by atomic mass is 35.5. The van der Waals surface area contributed by atoms with E-state index in [9.17, 15) is 4.79 Å². The molecule has 5 heteroatoms. The van der Waals surface area contributed by atoms with Gasteiger partial charge in [0.15, 0.2) is 6.61 Å². The normalized spacial score (nSPS) is 22.3. The third-order valence-corrected chi connectivity index (χ3v) is 3.94. The largest absolute Gasteiger partial charge is 0.484 e. The van der Waals surface area contributed by atoms with Gasteiger partial charge in [0.2, 0.25) is 0 Å². The van der Waals surface area contributed by atoms with Crippen LogP contribution < -0.4 is 15.4 Å². The van der Waals surface area contributed by atoms with Gasteiger partial charge in [-0.1, -0.05) is 11.6 Å². The Bertz CT molecular complexity index is 428. The van der Waals surface area contributed by atoms with E-state index < -0.39 is 0 Å². The van der Waals surface area contributed by atoms with Gasteiger partial charge in [-0.3, -0.25) is 4.79 Å². The van der Waals surface area contributed by atoms with Crippen LogP contribution in [0.25, 0.3) is 0 Å². The SMILES string of the molecule is CN[C@H]1CC[C@@H](NC(=O)COc2ccc(Cl)cc2)CC1. The summed E-state index contributed by atoms with van der Waals surface area (Å²) in [6.07, 6.45) is 4.27. The van der Waals surface area contributed by atoms with E-state index in [4.69, 9.17) is 16.3 Å². The van der Waals surface area contributed by atoms with Gasteiger partial charge in [0.05, 0.1) is 0 Å². The summed E-state index contributed by atoms with van der Waals surface area (Å²) in [6.45, 7) is 0.0492. The monoisotopic (exact) mass is 296 g/mol. The second kappa shape index (κ2) is 7.50. The van der Waals surface area contributed by atoms with Crippen molar-refractivity contribution in [3.05, 3.63) is 29.3 Å². The molecule has 1 aromatic carbocycles. The molecule has 1 aliphatic carbocycles. The molecule has 0 atom stereocenters. The summed E-state index contributed by atoms with van der Waals surface area (Å²) in [5.41, 5.74) is 0. The first-order valence-electron chi connectivity index (χ1n) is 7.02. The zero-order valence-corrected chi connectivity index (χ0v) is 12.5. The third-order valence-electron chi connectivity index (χ3n) is 3.68. The van der Waals surface area contributed by atoms with E-state index in [1.165, 1.54) is 0 Å². The molecule has 0 heterocycles. The summed E-state index contributed by atoms with van der Waals surface area (Å²) >= 11 is 5.79. The first-order valence-corrected chi connectivity index (χ1v) is 7.40. The van der Waals surface area contributed by atoms with Crippen LogP contribution in [0.5, 0.6) is 5.75 Å². The van der Waals surface area contributed by atoms with Crippen molar-refractivity contribution in [3.63, 3.8) is 0 Å². The number of benzene rings is 1. The van der Waals surface area contributed by atoms with Crippen LogP contribution in [0.15, 0.2) is 24.3 Å². The van der Waals surface area contributed by atoms with Crippen molar-refractivity contribution in [1.82, 2.24) is 10.6 Å². The molecule has 0 spiro atoms. The number of carbonyl (C=O) groups excluding carboxylic acids is 1. The van der Waals surface area contributed by atoms with Crippen LogP contribution in [-0.4, -0.2) is 31.6 Å². The topological polar surface area (TPSA) is 50.4 Å². The van der Waals surface area contributed by atoms with E-state index >= 15 is 0 Å². The maximum absolute atomic E-state index is 11.8. The van der Waals surface area contributed by atoms with Gasteiger partial charge in [-0.25, -0.2) is 0 Å². The fourth-order valence-electron chi connectivity index (χ4n) is 2.48. The van der Waals surface area contributed by atoms with Crippen molar-refractivity contribution in [2.75, 3.05) is 13.7 Å². The fourth-order valence-corrected chi connectivity index (χ4v) is 2.60. The molecule has 1 fully saturated rings. The Hall–Kier alpha value is -1.26. The number of halogens is 1. The van der Waals surface area contributed by atoms with Crippen LogP contribution in [-0.2, 0) is 4.79 Å². The average molecular weight is 297 g/mol. The molecule has 4 nitrogen and oxygen atoms in total. The number of hydrogen-bond acceptors (Lipinski definition) is 3. The molecule has 0 bridgehead atoms. The molecule has 1 amide bonds. The van der Waals surface area contributed by atoms with E-state index in [0.29, 0.717) is 16.8 Å². The van der Waals surface area contributed by atoms with Gasteiger partial charge in [0.25, 0.3) is 5.91 Å². The van der Waals surface area contributed by atoms with Crippen molar-refractivity contribution >= 4 is 17.5 Å². The van der Waals surface area contributed by atoms with Gasteiger partial charge in [-0.05, 0) is 57.0 Å². The second-order valence-electron chi connectivity index (χ2n) is 5.15. The molecular weight excluding hydrogens is 276 g/mol. The summed E-state index contributed by atoms with van der Waals surface area (Å²) in [7, 11) is 1.99. The molecule has 2 N–H and O–H groups in total. The lowest BCUT2D eigenvalue weighted by molar-refractivity contribution is -0.124. The number of ether oxygens (including phenoxy) is 1. The second-order valence-corrected chi connectivity index (χ2v) is 5.58. The quantitative estimate of drug-likeness (QED) is 0.877. The Morgan fingerprint density at radius 3 is 2.40 bits per heavy atom. The van der Waals surface area contributed by atoms with E-state index in [0.717, 1.165) is 25.7 Å². The Balaban J connectivity index is 1.69. The molecule has 2 rings (SSSR count). The Morgan fingerprint density at radius 1 is 1.20 bits per heavy atom. The molecule has 1 aromatic rings. The number of amides is 1. The zero-order valence-electron chi connectivity index (χ0n) is 11.7. The average Bonchev–Trinajstić information content (AvgIpc) is 2.47. The summed E-state index contributed by atoms with van der Waals surface area (Å²) in [4.78, 5) is 11.8. The van der Waals surface area contributed by atoms with Crippen molar-refractivity contribution in [3.8, 4) is 5.75 Å².